The number of benzene rings is 1. The molecule has 5 nitrogen and oxygen atoms in total. The molecule has 0 aliphatic carbocycles. The van der Waals surface area contributed by atoms with Gasteiger partial charge in [-0.2, -0.15) is 0 Å². The first-order chi connectivity index (χ1) is 7.42. The zero-order valence-corrected chi connectivity index (χ0v) is 10.2. The van der Waals surface area contributed by atoms with Gasteiger partial charge in [-0.15, -0.1) is 0 Å². The molecule has 0 amide bonds. The maximum Gasteiger partial charge on any atom is 0.149 e. The van der Waals surface area contributed by atoms with Gasteiger partial charge in [0, 0.05) is 24.6 Å². The van der Waals surface area contributed by atoms with Crippen LogP contribution < -0.4 is 15.8 Å². The standard InChI is InChI=1S/C10H16N2O3S/c1-15-10-7-8(3-4-9(10)11)12-5-6-16(2,13)14/h3-4,7,12H,5-6,11H2,1-2H3. The largest absolute Gasteiger partial charge is 0.495 e. The van der Waals surface area contributed by atoms with Crippen molar-refractivity contribution < 1.29 is 13.2 Å². The summed E-state index contributed by atoms with van der Waals surface area (Å²) in [6, 6.07) is 5.22. The Bertz CT molecular complexity index is 457. The van der Waals surface area contributed by atoms with Crippen LogP contribution >= 0.6 is 0 Å². The molecule has 0 aromatic heterocycles. The number of anilines is 2. The summed E-state index contributed by atoms with van der Waals surface area (Å²) in [4.78, 5) is 0. The molecule has 1 rings (SSSR count). The SMILES string of the molecule is COc1cc(NCCS(C)(=O)=O)ccc1N. The maximum atomic E-state index is 10.9. The molecule has 0 aliphatic heterocycles. The topological polar surface area (TPSA) is 81.4 Å². The molecule has 0 saturated heterocycles. The van der Waals surface area contributed by atoms with E-state index in [9.17, 15) is 8.42 Å². The van der Waals surface area contributed by atoms with Crippen LogP contribution in [0, 0.1) is 0 Å². The van der Waals surface area contributed by atoms with Gasteiger partial charge in [-0.3, -0.25) is 0 Å². The third-order valence-electron chi connectivity index (χ3n) is 2.04. The van der Waals surface area contributed by atoms with Crippen molar-refractivity contribution in [2.45, 2.75) is 0 Å². The minimum Gasteiger partial charge on any atom is -0.495 e. The van der Waals surface area contributed by atoms with Crippen molar-refractivity contribution in [3.63, 3.8) is 0 Å². The van der Waals surface area contributed by atoms with Crippen molar-refractivity contribution in [1.82, 2.24) is 0 Å². The third-order valence-corrected chi connectivity index (χ3v) is 2.98. The lowest BCUT2D eigenvalue weighted by Crippen LogP contribution is -2.14. The summed E-state index contributed by atoms with van der Waals surface area (Å²) < 4.78 is 26.9. The summed E-state index contributed by atoms with van der Waals surface area (Å²) >= 11 is 0. The predicted octanol–water partition coefficient (Wildman–Crippen LogP) is 0.734. The molecule has 1 aromatic rings. The average molecular weight is 244 g/mol. The van der Waals surface area contributed by atoms with Crippen molar-refractivity contribution in [3.05, 3.63) is 18.2 Å². The number of nitrogen functional groups attached to an aromatic ring is 1. The Morgan fingerprint density at radius 1 is 1.44 bits per heavy atom. The van der Waals surface area contributed by atoms with Gasteiger partial charge < -0.3 is 15.8 Å². The van der Waals surface area contributed by atoms with E-state index < -0.39 is 9.84 Å². The van der Waals surface area contributed by atoms with E-state index in [1.807, 2.05) is 0 Å². The molecule has 0 heterocycles. The fourth-order valence-electron chi connectivity index (χ4n) is 1.20. The summed E-state index contributed by atoms with van der Waals surface area (Å²) in [5, 5.41) is 2.99. The van der Waals surface area contributed by atoms with Crippen LogP contribution in [-0.4, -0.2) is 34.1 Å². The fraction of sp³-hybridized carbons (Fsp3) is 0.400. The zero-order valence-electron chi connectivity index (χ0n) is 9.36. The number of hydrogen-bond donors (Lipinski definition) is 2. The Morgan fingerprint density at radius 2 is 2.12 bits per heavy atom. The number of methoxy groups -OCH3 is 1. The minimum atomic E-state index is -2.94. The highest BCUT2D eigenvalue weighted by atomic mass is 32.2. The summed E-state index contributed by atoms with van der Waals surface area (Å²) in [5.74, 6) is 0.670. The zero-order chi connectivity index (χ0) is 12.2. The highest BCUT2D eigenvalue weighted by molar-refractivity contribution is 7.90. The van der Waals surface area contributed by atoms with E-state index in [2.05, 4.69) is 5.32 Å². The Hall–Kier alpha value is -1.43. The predicted molar refractivity (Wildman–Crippen MR) is 65.6 cm³/mol. The molecule has 16 heavy (non-hydrogen) atoms. The Kier molecular flexibility index (Phi) is 4.00. The van der Waals surface area contributed by atoms with E-state index in [0.29, 0.717) is 18.0 Å². The summed E-state index contributed by atoms with van der Waals surface area (Å²) in [6.07, 6.45) is 1.21. The van der Waals surface area contributed by atoms with Crippen LogP contribution in [0.25, 0.3) is 0 Å². The number of ether oxygens (including phenoxy) is 1. The fourth-order valence-corrected chi connectivity index (χ4v) is 1.67. The molecule has 6 heteroatoms. The second kappa shape index (κ2) is 5.07. The second-order valence-corrected chi connectivity index (χ2v) is 5.77. The summed E-state index contributed by atoms with van der Waals surface area (Å²) in [7, 11) is -1.40. The molecule has 0 radical (unpaired) electrons. The monoisotopic (exact) mass is 244 g/mol. The first-order valence-electron chi connectivity index (χ1n) is 4.77. The molecule has 90 valence electrons. The Balaban J connectivity index is 2.61. The molecule has 3 N–H and O–H groups in total. The number of nitrogens with two attached hydrogens (primary N) is 1. The van der Waals surface area contributed by atoms with E-state index in [0.717, 1.165) is 5.69 Å². The average Bonchev–Trinajstić information content (AvgIpc) is 2.18. The molecule has 0 fully saturated rings. The highest BCUT2D eigenvalue weighted by Gasteiger charge is 2.03. The number of hydrogen-bond acceptors (Lipinski definition) is 5. The van der Waals surface area contributed by atoms with Crippen LogP contribution in [0.5, 0.6) is 5.75 Å². The lowest BCUT2D eigenvalue weighted by molar-refractivity contribution is 0.417. The van der Waals surface area contributed by atoms with E-state index in [4.69, 9.17) is 10.5 Å². The lowest BCUT2D eigenvalue weighted by Gasteiger charge is -2.09. The number of sulfone groups is 1. The minimum absolute atomic E-state index is 0.0969. The van der Waals surface area contributed by atoms with Crippen LogP contribution in [0.3, 0.4) is 0 Å². The Morgan fingerprint density at radius 3 is 2.69 bits per heavy atom. The van der Waals surface area contributed by atoms with Crippen LogP contribution in [0.4, 0.5) is 11.4 Å². The van der Waals surface area contributed by atoms with Crippen LogP contribution in [0.15, 0.2) is 18.2 Å². The number of nitrogens with one attached hydrogen (secondary N) is 1. The van der Waals surface area contributed by atoms with Gasteiger partial charge in [-0.25, -0.2) is 8.42 Å². The van der Waals surface area contributed by atoms with Gasteiger partial charge in [0.25, 0.3) is 0 Å². The van der Waals surface area contributed by atoms with E-state index in [-0.39, 0.29) is 5.75 Å². The second-order valence-electron chi connectivity index (χ2n) is 3.51. The van der Waals surface area contributed by atoms with E-state index in [1.165, 1.54) is 13.4 Å². The normalized spacial score (nSPS) is 11.1. The molecule has 0 bridgehead atoms. The molecule has 0 unspecified atom stereocenters. The van der Waals surface area contributed by atoms with Gasteiger partial charge in [0.2, 0.25) is 0 Å². The van der Waals surface area contributed by atoms with Crippen molar-refractivity contribution in [2.75, 3.05) is 36.7 Å². The van der Waals surface area contributed by atoms with Gasteiger partial charge in [0.15, 0.2) is 0 Å². The number of rotatable bonds is 5. The van der Waals surface area contributed by atoms with Crippen molar-refractivity contribution in [3.8, 4) is 5.75 Å². The smallest absolute Gasteiger partial charge is 0.149 e. The summed E-state index contributed by atoms with van der Waals surface area (Å²) in [5.41, 5.74) is 6.99. The van der Waals surface area contributed by atoms with Crippen molar-refractivity contribution in [2.24, 2.45) is 0 Å². The van der Waals surface area contributed by atoms with Crippen LogP contribution in [0.1, 0.15) is 0 Å². The maximum absolute atomic E-state index is 10.9. The first-order valence-corrected chi connectivity index (χ1v) is 6.83. The van der Waals surface area contributed by atoms with Gasteiger partial charge in [0.05, 0.1) is 18.6 Å². The Labute approximate surface area is 95.5 Å². The van der Waals surface area contributed by atoms with Crippen LogP contribution in [-0.2, 0) is 9.84 Å². The van der Waals surface area contributed by atoms with Gasteiger partial charge in [0.1, 0.15) is 15.6 Å². The van der Waals surface area contributed by atoms with E-state index in [1.54, 1.807) is 18.2 Å². The molecule has 0 atom stereocenters. The third kappa shape index (κ3) is 3.98. The van der Waals surface area contributed by atoms with E-state index >= 15 is 0 Å². The summed E-state index contributed by atoms with van der Waals surface area (Å²) in [6.45, 7) is 0.367. The molecular formula is C10H16N2O3S. The molecular weight excluding hydrogens is 228 g/mol. The quantitative estimate of drug-likeness (QED) is 0.746. The van der Waals surface area contributed by atoms with Crippen molar-refractivity contribution >= 4 is 21.2 Å². The molecule has 0 spiro atoms. The molecule has 0 aliphatic rings. The van der Waals surface area contributed by atoms with Gasteiger partial charge in [-0.1, -0.05) is 0 Å². The lowest BCUT2D eigenvalue weighted by atomic mass is 10.2. The van der Waals surface area contributed by atoms with Crippen LogP contribution in [0.2, 0.25) is 0 Å². The molecule has 0 saturated carbocycles. The highest BCUT2D eigenvalue weighted by Crippen LogP contribution is 2.24. The van der Waals surface area contributed by atoms with Gasteiger partial charge in [-0.05, 0) is 12.1 Å². The van der Waals surface area contributed by atoms with Crippen molar-refractivity contribution in [1.29, 1.82) is 0 Å². The van der Waals surface area contributed by atoms with Gasteiger partial charge >= 0.3 is 0 Å². The first kappa shape index (κ1) is 12.6. The molecule has 1 aromatic carbocycles.